The lowest BCUT2D eigenvalue weighted by Gasteiger charge is -2.09. The molecule has 1 aromatic heterocycles. The number of methoxy groups -OCH3 is 1. The van der Waals surface area contributed by atoms with Crippen LogP contribution in [0.25, 0.3) is 11.3 Å². The van der Waals surface area contributed by atoms with Crippen LogP contribution in [0.5, 0.6) is 5.75 Å². The number of ether oxygens (including phenoxy) is 1. The van der Waals surface area contributed by atoms with E-state index in [2.05, 4.69) is 11.2 Å². The summed E-state index contributed by atoms with van der Waals surface area (Å²) >= 11 is 0. The largest absolute Gasteiger partial charge is 0.497 e. The highest BCUT2D eigenvalue weighted by molar-refractivity contribution is 7.50. The van der Waals surface area contributed by atoms with Crippen LogP contribution in [-0.2, 0) is 17.3 Å². The molecule has 1 heterocycles. The van der Waals surface area contributed by atoms with E-state index in [1.807, 2.05) is 30.3 Å². The van der Waals surface area contributed by atoms with Gasteiger partial charge >= 0.3 is 7.60 Å². The molecule has 0 aliphatic heterocycles. The third-order valence-corrected chi connectivity index (χ3v) is 4.71. The summed E-state index contributed by atoms with van der Waals surface area (Å²) < 4.78 is 18.2. The monoisotopic (exact) mass is 383 g/mol. The molecule has 8 heteroatoms. The molecular weight excluding hydrogens is 365 g/mol. The van der Waals surface area contributed by atoms with Gasteiger partial charge < -0.3 is 14.5 Å². The zero-order valence-corrected chi connectivity index (χ0v) is 15.5. The number of aromatic nitrogens is 2. The summed E-state index contributed by atoms with van der Waals surface area (Å²) in [4.78, 5) is 18.6. The summed E-state index contributed by atoms with van der Waals surface area (Å²) in [6, 6.07) is 18.3. The highest BCUT2D eigenvalue weighted by atomic mass is 31.2. The minimum Gasteiger partial charge on any atom is -0.497 e. The Bertz CT molecular complexity index is 1030. The van der Waals surface area contributed by atoms with Gasteiger partial charge in [-0.25, -0.2) is 0 Å². The molecule has 7 nitrogen and oxygen atoms in total. The fourth-order valence-electron chi connectivity index (χ4n) is 2.76. The summed E-state index contributed by atoms with van der Waals surface area (Å²) in [5.41, 5.74) is 3.20. The smallest absolute Gasteiger partial charge is 0.331 e. The second-order valence-corrected chi connectivity index (χ2v) is 7.69. The van der Waals surface area contributed by atoms with Crippen LogP contribution in [0.15, 0.2) is 54.6 Å². The van der Waals surface area contributed by atoms with E-state index in [4.69, 9.17) is 10.00 Å². The third-order valence-electron chi connectivity index (χ3n) is 3.98. The third kappa shape index (κ3) is 4.83. The number of rotatable bonds is 6. The van der Waals surface area contributed by atoms with Crippen LogP contribution in [0, 0.1) is 11.3 Å². The Morgan fingerprint density at radius 3 is 2.56 bits per heavy atom. The molecule has 0 saturated carbocycles. The van der Waals surface area contributed by atoms with Crippen molar-refractivity contribution in [2.75, 3.05) is 7.11 Å². The first-order valence-electron chi connectivity index (χ1n) is 8.13. The Labute approximate surface area is 156 Å². The minimum atomic E-state index is -4.24. The Morgan fingerprint density at radius 1 is 1.19 bits per heavy atom. The number of benzene rings is 2. The first kappa shape index (κ1) is 18.9. The van der Waals surface area contributed by atoms with Gasteiger partial charge in [0.2, 0.25) is 0 Å². The molecule has 0 unspecified atom stereocenters. The molecule has 3 rings (SSSR count). The first-order chi connectivity index (χ1) is 12.9. The fourth-order valence-corrected chi connectivity index (χ4v) is 3.34. The summed E-state index contributed by atoms with van der Waals surface area (Å²) in [6.45, 7) is 0.414. The van der Waals surface area contributed by atoms with Crippen molar-refractivity contribution in [3.05, 3.63) is 71.4 Å². The van der Waals surface area contributed by atoms with Crippen LogP contribution in [0.1, 0.15) is 16.8 Å². The Balaban J connectivity index is 2.01. The Hall–Kier alpha value is -2.91. The van der Waals surface area contributed by atoms with Crippen molar-refractivity contribution in [2.45, 2.75) is 12.7 Å². The van der Waals surface area contributed by atoms with E-state index in [1.54, 1.807) is 36.1 Å². The molecule has 2 aromatic carbocycles. The van der Waals surface area contributed by atoms with Gasteiger partial charge in [-0.3, -0.25) is 9.25 Å². The van der Waals surface area contributed by atoms with Gasteiger partial charge in [0, 0.05) is 5.56 Å². The van der Waals surface area contributed by atoms with Gasteiger partial charge in [0.1, 0.15) is 5.75 Å². The fraction of sp³-hybridized carbons (Fsp3) is 0.158. The molecule has 138 valence electrons. The highest BCUT2D eigenvalue weighted by Crippen LogP contribution is 2.39. The summed E-state index contributed by atoms with van der Waals surface area (Å²) in [5.74, 6) is 0.739. The average Bonchev–Trinajstić information content (AvgIpc) is 3.02. The first-order valence-corrected chi connectivity index (χ1v) is 9.92. The summed E-state index contributed by atoms with van der Waals surface area (Å²) in [5, 5.41) is 13.5. The number of hydrogen-bond donors (Lipinski definition) is 2. The normalized spacial score (nSPS) is 11.2. The maximum atomic E-state index is 11.4. The summed E-state index contributed by atoms with van der Waals surface area (Å²) in [6.07, 6.45) is -0.437. The second-order valence-electron chi connectivity index (χ2n) is 6.04. The van der Waals surface area contributed by atoms with Crippen LogP contribution >= 0.6 is 7.60 Å². The van der Waals surface area contributed by atoms with E-state index < -0.39 is 13.8 Å². The van der Waals surface area contributed by atoms with E-state index in [9.17, 15) is 14.4 Å². The zero-order chi connectivity index (χ0) is 19.4. The predicted octanol–water partition coefficient (Wildman–Crippen LogP) is 3.16. The Morgan fingerprint density at radius 2 is 1.93 bits per heavy atom. The number of nitriles is 1. The maximum absolute atomic E-state index is 11.4. The van der Waals surface area contributed by atoms with Crippen molar-refractivity contribution >= 4 is 7.60 Å². The van der Waals surface area contributed by atoms with Crippen LogP contribution in [0.4, 0.5) is 0 Å². The van der Waals surface area contributed by atoms with Gasteiger partial charge in [-0.15, -0.1) is 0 Å². The van der Waals surface area contributed by atoms with E-state index in [1.165, 1.54) is 0 Å². The molecule has 0 atom stereocenters. The molecule has 0 fully saturated rings. The van der Waals surface area contributed by atoms with E-state index in [-0.39, 0.29) is 0 Å². The molecule has 0 aliphatic carbocycles. The molecule has 27 heavy (non-hydrogen) atoms. The minimum absolute atomic E-state index is 0.300. The second kappa shape index (κ2) is 7.77. The number of hydrogen-bond acceptors (Lipinski definition) is 4. The summed E-state index contributed by atoms with van der Waals surface area (Å²) in [7, 11) is -2.64. The highest BCUT2D eigenvalue weighted by Gasteiger charge is 2.19. The molecule has 2 N–H and O–H groups in total. The zero-order valence-electron chi connectivity index (χ0n) is 14.6. The topological polar surface area (TPSA) is 108 Å². The molecule has 0 amide bonds. The average molecular weight is 383 g/mol. The van der Waals surface area contributed by atoms with Gasteiger partial charge in [0.15, 0.2) is 0 Å². The predicted molar refractivity (Wildman–Crippen MR) is 100 cm³/mol. The van der Waals surface area contributed by atoms with Crippen molar-refractivity contribution < 1.29 is 19.1 Å². The lowest BCUT2D eigenvalue weighted by atomic mass is 10.1. The molecule has 0 bridgehead atoms. The molecule has 0 aliphatic rings. The van der Waals surface area contributed by atoms with E-state index in [0.717, 1.165) is 16.9 Å². The van der Waals surface area contributed by atoms with Gasteiger partial charge in [-0.2, -0.15) is 10.4 Å². The van der Waals surface area contributed by atoms with Crippen molar-refractivity contribution in [1.29, 1.82) is 5.26 Å². The quantitative estimate of drug-likeness (QED) is 0.633. The molecule has 0 saturated heterocycles. The van der Waals surface area contributed by atoms with Crippen molar-refractivity contribution in [2.24, 2.45) is 0 Å². The van der Waals surface area contributed by atoms with Crippen LogP contribution in [0.3, 0.4) is 0 Å². The Kier molecular flexibility index (Phi) is 5.43. The van der Waals surface area contributed by atoms with Crippen molar-refractivity contribution in [3.63, 3.8) is 0 Å². The molecular formula is C19H18N3O4P. The molecule has 0 radical (unpaired) electrons. The standard InChI is InChI=1S/C19H18N3O4P/c1-26-18-7-5-14(6-8-18)12-22-19(10-17(21-22)13-27(23,24)25)16-4-2-3-15(9-16)11-20/h2-10H,12-13H2,1H3,(H2,23,24,25). The van der Waals surface area contributed by atoms with Crippen LogP contribution in [-0.4, -0.2) is 26.7 Å². The van der Waals surface area contributed by atoms with Crippen LogP contribution in [0.2, 0.25) is 0 Å². The van der Waals surface area contributed by atoms with Crippen LogP contribution < -0.4 is 4.74 Å². The lowest BCUT2D eigenvalue weighted by Crippen LogP contribution is -2.04. The van der Waals surface area contributed by atoms with Gasteiger partial charge in [0.25, 0.3) is 0 Å². The van der Waals surface area contributed by atoms with Gasteiger partial charge in [0.05, 0.1) is 42.8 Å². The van der Waals surface area contributed by atoms with Gasteiger partial charge in [-0.05, 0) is 35.9 Å². The van der Waals surface area contributed by atoms with Crippen molar-refractivity contribution in [1.82, 2.24) is 9.78 Å². The van der Waals surface area contributed by atoms with Crippen molar-refractivity contribution in [3.8, 4) is 23.1 Å². The SMILES string of the molecule is COc1ccc(Cn2nc(CP(=O)(O)O)cc2-c2cccc(C#N)c2)cc1. The molecule has 0 spiro atoms. The van der Waals surface area contributed by atoms with E-state index in [0.29, 0.717) is 23.5 Å². The maximum Gasteiger partial charge on any atom is 0.331 e. The lowest BCUT2D eigenvalue weighted by molar-refractivity contribution is 0.371. The van der Waals surface area contributed by atoms with Gasteiger partial charge in [-0.1, -0.05) is 24.3 Å². The molecule has 3 aromatic rings. The number of nitrogens with zero attached hydrogens (tertiary/aromatic N) is 3. The van der Waals surface area contributed by atoms with E-state index >= 15 is 0 Å².